The third-order valence-electron chi connectivity index (χ3n) is 3.45. The largest absolute Gasteiger partial charge is 0.339 e. The van der Waals surface area contributed by atoms with Crippen LogP contribution in [0, 0.1) is 5.41 Å². The van der Waals surface area contributed by atoms with Crippen LogP contribution in [0.2, 0.25) is 0 Å². The third kappa shape index (κ3) is 1.29. The Kier molecular flexibility index (Phi) is 2.22. The van der Waals surface area contributed by atoms with Crippen molar-refractivity contribution in [2.24, 2.45) is 5.41 Å². The Labute approximate surface area is 85.3 Å². The molecular formula is C12H17NO. The second kappa shape index (κ2) is 3.26. The van der Waals surface area contributed by atoms with Crippen LogP contribution >= 0.6 is 0 Å². The lowest BCUT2D eigenvalue weighted by Gasteiger charge is -2.49. The Morgan fingerprint density at radius 3 is 2.86 bits per heavy atom. The first-order valence-corrected chi connectivity index (χ1v) is 5.31. The van der Waals surface area contributed by atoms with E-state index in [4.69, 9.17) is 0 Å². The number of likely N-dealkylation sites (tertiary alicyclic amines) is 1. The molecule has 0 aromatic rings. The maximum absolute atomic E-state index is 11.3. The third-order valence-corrected chi connectivity index (χ3v) is 3.45. The highest BCUT2D eigenvalue weighted by Crippen LogP contribution is 2.40. The lowest BCUT2D eigenvalue weighted by molar-refractivity contribution is -0.150. The second-order valence-corrected chi connectivity index (χ2v) is 4.40. The quantitative estimate of drug-likeness (QED) is 0.612. The Hall–Kier alpha value is -1.05. The molecule has 0 aromatic heterocycles. The highest BCUT2D eigenvalue weighted by atomic mass is 16.2. The number of hydrogen-bond acceptors (Lipinski definition) is 1. The number of carbonyl (C=O) groups is 1. The lowest BCUT2D eigenvalue weighted by atomic mass is 9.71. The van der Waals surface area contributed by atoms with Crippen LogP contribution in [0.15, 0.2) is 24.3 Å². The monoisotopic (exact) mass is 191 g/mol. The Bertz CT molecular complexity index is 305. The van der Waals surface area contributed by atoms with E-state index >= 15 is 0 Å². The van der Waals surface area contributed by atoms with Gasteiger partial charge in [0.05, 0.1) is 0 Å². The van der Waals surface area contributed by atoms with E-state index in [1.807, 2.05) is 4.90 Å². The SMILES string of the molecule is CCN1C(=O)C[C@H]1C1(C)C=CC=CC1. The average molecular weight is 191 g/mol. The Morgan fingerprint density at radius 2 is 2.36 bits per heavy atom. The first-order valence-electron chi connectivity index (χ1n) is 5.31. The van der Waals surface area contributed by atoms with Gasteiger partial charge in [-0.1, -0.05) is 31.2 Å². The summed E-state index contributed by atoms with van der Waals surface area (Å²) in [6.45, 7) is 5.14. The summed E-state index contributed by atoms with van der Waals surface area (Å²) in [5.41, 5.74) is 0.165. The summed E-state index contributed by atoms with van der Waals surface area (Å²) >= 11 is 0. The molecule has 0 saturated carbocycles. The van der Waals surface area contributed by atoms with Crippen LogP contribution in [0.3, 0.4) is 0 Å². The van der Waals surface area contributed by atoms with Gasteiger partial charge in [0.15, 0.2) is 0 Å². The van der Waals surface area contributed by atoms with E-state index in [1.54, 1.807) is 0 Å². The van der Waals surface area contributed by atoms with E-state index in [9.17, 15) is 4.79 Å². The first-order chi connectivity index (χ1) is 6.67. The maximum Gasteiger partial charge on any atom is 0.224 e. The van der Waals surface area contributed by atoms with Gasteiger partial charge in [0.1, 0.15) is 0 Å². The second-order valence-electron chi connectivity index (χ2n) is 4.40. The lowest BCUT2D eigenvalue weighted by Crippen LogP contribution is -2.59. The summed E-state index contributed by atoms with van der Waals surface area (Å²) in [5.74, 6) is 0.307. The molecule has 0 spiro atoms. The van der Waals surface area contributed by atoms with Crippen molar-refractivity contribution in [2.75, 3.05) is 6.54 Å². The van der Waals surface area contributed by atoms with Crippen molar-refractivity contribution < 1.29 is 4.79 Å². The molecule has 2 heteroatoms. The van der Waals surface area contributed by atoms with Crippen LogP contribution in [-0.2, 0) is 4.79 Å². The van der Waals surface area contributed by atoms with E-state index in [0.29, 0.717) is 11.9 Å². The number of hydrogen-bond donors (Lipinski definition) is 0. The Morgan fingerprint density at radius 1 is 1.57 bits per heavy atom. The summed E-state index contributed by atoms with van der Waals surface area (Å²) in [6.07, 6.45) is 10.4. The zero-order valence-corrected chi connectivity index (χ0v) is 8.86. The van der Waals surface area contributed by atoms with Crippen molar-refractivity contribution in [3.8, 4) is 0 Å². The zero-order chi connectivity index (χ0) is 10.2. The van der Waals surface area contributed by atoms with E-state index in [1.165, 1.54) is 0 Å². The molecule has 76 valence electrons. The van der Waals surface area contributed by atoms with Gasteiger partial charge in [0.25, 0.3) is 0 Å². The van der Waals surface area contributed by atoms with Gasteiger partial charge in [-0.25, -0.2) is 0 Å². The van der Waals surface area contributed by atoms with E-state index in [0.717, 1.165) is 19.4 Å². The molecule has 0 N–H and O–H groups in total. The molecule has 0 radical (unpaired) electrons. The molecule has 2 rings (SSSR count). The molecule has 2 nitrogen and oxygen atoms in total. The number of nitrogens with zero attached hydrogens (tertiary/aromatic N) is 1. The van der Waals surface area contributed by atoms with E-state index in [-0.39, 0.29) is 5.41 Å². The number of rotatable bonds is 2. The topological polar surface area (TPSA) is 20.3 Å². The van der Waals surface area contributed by atoms with Gasteiger partial charge in [0, 0.05) is 24.4 Å². The summed E-state index contributed by atoms with van der Waals surface area (Å²) < 4.78 is 0. The first kappa shape index (κ1) is 9.50. The molecule has 1 heterocycles. The molecule has 0 aromatic carbocycles. The molecule has 1 saturated heterocycles. The normalized spacial score (nSPS) is 36.0. The van der Waals surface area contributed by atoms with Crippen LogP contribution in [0.1, 0.15) is 26.7 Å². The van der Waals surface area contributed by atoms with Crippen LogP contribution in [0.4, 0.5) is 0 Å². The van der Waals surface area contributed by atoms with Gasteiger partial charge in [-0.05, 0) is 13.3 Å². The van der Waals surface area contributed by atoms with Gasteiger partial charge >= 0.3 is 0 Å². The van der Waals surface area contributed by atoms with Crippen LogP contribution in [0.25, 0.3) is 0 Å². The number of amides is 1. The van der Waals surface area contributed by atoms with Crippen molar-refractivity contribution in [2.45, 2.75) is 32.7 Å². The highest BCUT2D eigenvalue weighted by Gasteiger charge is 2.45. The van der Waals surface area contributed by atoms with E-state index in [2.05, 4.69) is 38.2 Å². The van der Waals surface area contributed by atoms with Gasteiger partial charge < -0.3 is 4.90 Å². The summed E-state index contributed by atoms with van der Waals surface area (Å²) in [7, 11) is 0. The van der Waals surface area contributed by atoms with Gasteiger partial charge in [-0.3, -0.25) is 4.79 Å². The summed E-state index contributed by atoms with van der Waals surface area (Å²) in [5, 5.41) is 0. The summed E-state index contributed by atoms with van der Waals surface area (Å²) in [6, 6.07) is 0.418. The van der Waals surface area contributed by atoms with E-state index < -0.39 is 0 Å². The van der Waals surface area contributed by atoms with Crippen molar-refractivity contribution in [3.63, 3.8) is 0 Å². The number of allylic oxidation sites excluding steroid dienone is 3. The van der Waals surface area contributed by atoms with Gasteiger partial charge in [0.2, 0.25) is 5.91 Å². The standard InChI is InChI=1S/C12H17NO/c1-3-13-10(9-11(13)14)12(2)7-5-4-6-8-12/h4-7,10H,3,8-9H2,1-2H3/t10-,12?/m0/s1. The number of carbonyl (C=O) groups excluding carboxylic acids is 1. The minimum absolute atomic E-state index is 0.165. The fourth-order valence-corrected chi connectivity index (χ4v) is 2.43. The van der Waals surface area contributed by atoms with Crippen LogP contribution in [-0.4, -0.2) is 23.4 Å². The van der Waals surface area contributed by atoms with Gasteiger partial charge in [-0.2, -0.15) is 0 Å². The molecular weight excluding hydrogens is 174 g/mol. The average Bonchev–Trinajstić information content (AvgIpc) is 2.16. The molecule has 1 amide bonds. The molecule has 2 atom stereocenters. The molecule has 1 aliphatic heterocycles. The minimum Gasteiger partial charge on any atom is -0.339 e. The molecule has 0 bridgehead atoms. The molecule has 2 aliphatic rings. The smallest absolute Gasteiger partial charge is 0.224 e. The predicted octanol–water partition coefficient (Wildman–Crippen LogP) is 2.13. The molecule has 1 unspecified atom stereocenters. The summed E-state index contributed by atoms with van der Waals surface area (Å²) in [4.78, 5) is 13.3. The molecule has 1 fully saturated rings. The number of β-lactam (4-membered cyclic amide) rings is 1. The van der Waals surface area contributed by atoms with Crippen LogP contribution in [0.5, 0.6) is 0 Å². The van der Waals surface area contributed by atoms with Gasteiger partial charge in [-0.15, -0.1) is 0 Å². The molecule has 14 heavy (non-hydrogen) atoms. The van der Waals surface area contributed by atoms with Crippen molar-refractivity contribution in [3.05, 3.63) is 24.3 Å². The van der Waals surface area contributed by atoms with Crippen molar-refractivity contribution in [1.29, 1.82) is 0 Å². The predicted molar refractivity (Wildman–Crippen MR) is 56.8 cm³/mol. The fourth-order valence-electron chi connectivity index (χ4n) is 2.43. The Balaban J connectivity index is 2.12. The van der Waals surface area contributed by atoms with Crippen molar-refractivity contribution in [1.82, 2.24) is 4.90 Å². The minimum atomic E-state index is 0.165. The van der Waals surface area contributed by atoms with Crippen LogP contribution < -0.4 is 0 Å². The molecule has 1 aliphatic carbocycles. The van der Waals surface area contributed by atoms with Crippen molar-refractivity contribution >= 4 is 5.91 Å². The fraction of sp³-hybridized carbons (Fsp3) is 0.583. The highest BCUT2D eigenvalue weighted by molar-refractivity contribution is 5.83. The maximum atomic E-state index is 11.3. The zero-order valence-electron chi connectivity index (χ0n) is 8.86.